The van der Waals surface area contributed by atoms with Gasteiger partial charge in [0.05, 0.1) is 10.5 Å². The summed E-state index contributed by atoms with van der Waals surface area (Å²) in [5.41, 5.74) is 7.62. The average molecular weight is 348 g/mol. The number of thiocarbonyl (C=S) groups is 1. The van der Waals surface area contributed by atoms with Gasteiger partial charge in [0.25, 0.3) is 0 Å². The van der Waals surface area contributed by atoms with Gasteiger partial charge in [0, 0.05) is 23.2 Å². The maximum absolute atomic E-state index is 12.2. The van der Waals surface area contributed by atoms with Crippen LogP contribution in [0, 0.1) is 0 Å². The highest BCUT2D eigenvalue weighted by atomic mass is 35.5. The van der Waals surface area contributed by atoms with E-state index in [4.69, 9.17) is 29.6 Å². The second kappa shape index (κ2) is 6.15. The predicted octanol–water partition coefficient (Wildman–Crippen LogP) is 1.91. The molecule has 0 radical (unpaired) electrons. The summed E-state index contributed by atoms with van der Waals surface area (Å²) in [6.45, 7) is 0.167. The van der Waals surface area contributed by atoms with Crippen LogP contribution in [0.15, 0.2) is 34.8 Å². The van der Waals surface area contributed by atoms with E-state index in [1.165, 1.54) is 29.5 Å². The molecule has 0 aliphatic heterocycles. The van der Waals surface area contributed by atoms with Crippen LogP contribution in [0.3, 0.4) is 0 Å². The first kappa shape index (κ1) is 15.3. The molecular weight excluding hydrogens is 338 g/mol. The third kappa shape index (κ3) is 3.53. The number of aromatic nitrogens is 1. The molecule has 0 atom stereocenters. The maximum Gasteiger partial charge on any atom is 0.242 e. The Balaban J connectivity index is 2.23. The van der Waals surface area contributed by atoms with Gasteiger partial charge in [-0.05, 0) is 12.1 Å². The Morgan fingerprint density at radius 2 is 2.25 bits per heavy atom. The van der Waals surface area contributed by atoms with E-state index in [1.807, 2.05) is 0 Å². The molecule has 2 rings (SSSR count). The number of hydrogen-bond acceptors (Lipinski definition) is 5. The zero-order valence-corrected chi connectivity index (χ0v) is 13.2. The fourth-order valence-electron chi connectivity index (χ4n) is 1.45. The van der Waals surface area contributed by atoms with Crippen LogP contribution in [0.5, 0.6) is 0 Å². The Labute approximate surface area is 130 Å². The van der Waals surface area contributed by atoms with Gasteiger partial charge in [0.15, 0.2) is 0 Å². The van der Waals surface area contributed by atoms with E-state index >= 15 is 0 Å². The molecule has 0 aliphatic rings. The van der Waals surface area contributed by atoms with E-state index < -0.39 is 10.0 Å². The predicted molar refractivity (Wildman–Crippen MR) is 83.5 cm³/mol. The third-order valence-corrected chi connectivity index (χ3v) is 5.33. The molecule has 1 aromatic heterocycles. The molecule has 5 nitrogen and oxygen atoms in total. The van der Waals surface area contributed by atoms with Crippen molar-refractivity contribution >= 4 is 50.2 Å². The molecule has 0 saturated carbocycles. The fourth-order valence-corrected chi connectivity index (χ4v) is 3.75. The minimum absolute atomic E-state index is 0.0105. The highest BCUT2D eigenvalue weighted by molar-refractivity contribution is 7.89. The lowest BCUT2D eigenvalue weighted by Crippen LogP contribution is -2.23. The molecule has 106 valence electrons. The van der Waals surface area contributed by atoms with Gasteiger partial charge in [-0.1, -0.05) is 29.9 Å². The van der Waals surface area contributed by atoms with Crippen LogP contribution in [-0.2, 0) is 16.6 Å². The van der Waals surface area contributed by atoms with Crippen LogP contribution in [-0.4, -0.2) is 18.4 Å². The molecule has 9 heteroatoms. The molecule has 0 spiro atoms. The molecule has 0 fully saturated rings. The fraction of sp³-hybridized carbons (Fsp3) is 0.0909. The number of thiazole rings is 1. The molecule has 0 saturated heterocycles. The topological polar surface area (TPSA) is 85.1 Å². The molecule has 1 aromatic carbocycles. The Bertz CT molecular complexity index is 729. The van der Waals surface area contributed by atoms with E-state index in [9.17, 15) is 8.42 Å². The van der Waals surface area contributed by atoms with Crippen LogP contribution in [0.2, 0.25) is 5.02 Å². The molecule has 20 heavy (non-hydrogen) atoms. The van der Waals surface area contributed by atoms with Crippen molar-refractivity contribution in [1.29, 1.82) is 0 Å². The van der Waals surface area contributed by atoms with Gasteiger partial charge in [-0.25, -0.2) is 13.1 Å². The van der Waals surface area contributed by atoms with E-state index in [1.54, 1.807) is 11.7 Å². The van der Waals surface area contributed by atoms with E-state index in [0.717, 1.165) is 4.88 Å². The molecule has 0 bridgehead atoms. The second-order valence-electron chi connectivity index (χ2n) is 3.80. The van der Waals surface area contributed by atoms with Crippen molar-refractivity contribution < 1.29 is 8.42 Å². The van der Waals surface area contributed by atoms with Crippen molar-refractivity contribution in [2.24, 2.45) is 5.73 Å². The number of benzene rings is 1. The standard InChI is InChI=1S/C11H10ClN3O2S3/c12-9-3-7(11(13)18)1-2-10(9)20(16,17)15-5-8-4-14-6-19-8/h1-4,6,15H,5H2,(H2,13,18). The van der Waals surface area contributed by atoms with Crippen molar-refractivity contribution in [3.63, 3.8) is 0 Å². The number of nitrogens with two attached hydrogens (primary N) is 1. The summed E-state index contributed by atoms with van der Waals surface area (Å²) in [5, 5.41) is 0.0760. The maximum atomic E-state index is 12.2. The molecular formula is C11H10ClN3O2S3. The molecule has 0 unspecified atom stereocenters. The number of nitrogens with zero attached hydrogens (tertiary/aromatic N) is 1. The van der Waals surface area contributed by atoms with Gasteiger partial charge in [-0.2, -0.15) is 0 Å². The number of rotatable bonds is 5. The van der Waals surface area contributed by atoms with Crippen molar-refractivity contribution in [2.45, 2.75) is 11.4 Å². The second-order valence-corrected chi connectivity index (χ2v) is 7.36. The highest BCUT2D eigenvalue weighted by Crippen LogP contribution is 2.23. The van der Waals surface area contributed by atoms with Crippen molar-refractivity contribution in [3.05, 3.63) is 45.4 Å². The minimum atomic E-state index is -3.70. The summed E-state index contributed by atoms with van der Waals surface area (Å²) in [7, 11) is -3.70. The summed E-state index contributed by atoms with van der Waals surface area (Å²) in [6.07, 6.45) is 1.60. The van der Waals surface area contributed by atoms with Crippen molar-refractivity contribution in [2.75, 3.05) is 0 Å². The summed E-state index contributed by atoms with van der Waals surface area (Å²) < 4.78 is 26.8. The van der Waals surface area contributed by atoms with Gasteiger partial charge in [-0.3, -0.25) is 4.98 Å². The molecule has 0 aliphatic carbocycles. The van der Waals surface area contributed by atoms with E-state index in [-0.39, 0.29) is 21.5 Å². The number of hydrogen-bond donors (Lipinski definition) is 2. The average Bonchev–Trinajstić information content (AvgIpc) is 2.89. The first-order valence-corrected chi connectivity index (χ1v) is 8.51. The first-order valence-electron chi connectivity index (χ1n) is 5.36. The van der Waals surface area contributed by atoms with Gasteiger partial charge >= 0.3 is 0 Å². The smallest absolute Gasteiger partial charge is 0.242 e. The third-order valence-electron chi connectivity index (χ3n) is 2.43. The SMILES string of the molecule is NC(=S)c1ccc(S(=O)(=O)NCc2cncs2)c(Cl)c1. The minimum Gasteiger partial charge on any atom is -0.389 e. The van der Waals surface area contributed by atoms with Gasteiger partial charge in [-0.15, -0.1) is 11.3 Å². The van der Waals surface area contributed by atoms with Crippen molar-refractivity contribution in [3.8, 4) is 0 Å². The number of nitrogens with one attached hydrogen (secondary N) is 1. The quantitative estimate of drug-likeness (QED) is 0.807. The lowest BCUT2D eigenvalue weighted by atomic mass is 10.2. The Hall–Kier alpha value is -1.06. The number of sulfonamides is 1. The Morgan fingerprint density at radius 3 is 2.80 bits per heavy atom. The lowest BCUT2D eigenvalue weighted by Gasteiger charge is -2.08. The summed E-state index contributed by atoms with van der Waals surface area (Å²) in [5.74, 6) is 0. The normalized spacial score (nSPS) is 11.4. The Morgan fingerprint density at radius 1 is 1.50 bits per heavy atom. The van der Waals surface area contributed by atoms with Crippen LogP contribution < -0.4 is 10.5 Å². The molecule has 3 N–H and O–H groups in total. The zero-order chi connectivity index (χ0) is 14.8. The van der Waals surface area contributed by atoms with Crippen LogP contribution in [0.25, 0.3) is 0 Å². The zero-order valence-electron chi connectivity index (χ0n) is 10.0. The summed E-state index contributed by atoms with van der Waals surface area (Å²) in [4.78, 5) is 4.83. The monoisotopic (exact) mass is 347 g/mol. The van der Waals surface area contributed by atoms with E-state index in [0.29, 0.717) is 5.56 Å². The van der Waals surface area contributed by atoms with Crippen molar-refractivity contribution in [1.82, 2.24) is 9.71 Å². The van der Waals surface area contributed by atoms with Crippen LogP contribution >= 0.6 is 35.2 Å². The highest BCUT2D eigenvalue weighted by Gasteiger charge is 2.18. The van der Waals surface area contributed by atoms with Crippen LogP contribution in [0.1, 0.15) is 10.4 Å². The largest absolute Gasteiger partial charge is 0.389 e. The summed E-state index contributed by atoms with van der Waals surface area (Å²) in [6, 6.07) is 4.34. The number of halogens is 1. The van der Waals surface area contributed by atoms with Crippen LogP contribution in [0.4, 0.5) is 0 Å². The van der Waals surface area contributed by atoms with E-state index in [2.05, 4.69) is 9.71 Å². The summed E-state index contributed by atoms with van der Waals surface area (Å²) >= 11 is 12.2. The molecule has 2 aromatic rings. The molecule has 1 heterocycles. The molecule has 0 amide bonds. The van der Waals surface area contributed by atoms with Gasteiger partial charge in [0.2, 0.25) is 10.0 Å². The Kier molecular flexibility index (Phi) is 4.71. The lowest BCUT2D eigenvalue weighted by molar-refractivity contribution is 0.582. The van der Waals surface area contributed by atoms with Gasteiger partial charge in [0.1, 0.15) is 9.88 Å². The first-order chi connectivity index (χ1) is 9.40. The van der Waals surface area contributed by atoms with Gasteiger partial charge < -0.3 is 5.73 Å².